The van der Waals surface area contributed by atoms with Crippen molar-refractivity contribution in [3.63, 3.8) is 0 Å². The van der Waals surface area contributed by atoms with Crippen molar-refractivity contribution in [2.45, 2.75) is 25.1 Å². The van der Waals surface area contributed by atoms with Crippen LogP contribution in [0.25, 0.3) is 5.69 Å². The third kappa shape index (κ3) is 4.10. The average molecular weight is 481 g/mol. The summed E-state index contributed by atoms with van der Waals surface area (Å²) in [4.78, 5) is 20.3. The zero-order valence-corrected chi connectivity index (χ0v) is 18.6. The minimum Gasteiger partial charge on any atom is -0.381 e. The molecule has 1 aliphatic heterocycles. The molecule has 1 fully saturated rings. The fourth-order valence-corrected chi connectivity index (χ4v) is 4.32. The molecule has 2 aromatic carbocycles. The molecule has 0 radical (unpaired) electrons. The first-order valence-corrected chi connectivity index (χ1v) is 10.8. The second-order valence-corrected chi connectivity index (χ2v) is 8.22. The number of halogens is 2. The fraction of sp³-hybridized carbons (Fsp3) is 0.273. The lowest BCUT2D eigenvalue weighted by Gasteiger charge is -2.39. The second kappa shape index (κ2) is 8.83. The van der Waals surface area contributed by atoms with E-state index in [1.807, 2.05) is 0 Å². The Morgan fingerprint density at radius 3 is 2.51 bits per heavy atom. The van der Waals surface area contributed by atoms with E-state index in [1.165, 1.54) is 39.3 Å². The van der Waals surface area contributed by atoms with Crippen LogP contribution in [-0.2, 0) is 12.1 Å². The van der Waals surface area contributed by atoms with Gasteiger partial charge in [-0.1, -0.05) is 6.07 Å². The number of benzene rings is 2. The molecule has 13 heteroatoms. The van der Waals surface area contributed by atoms with Crippen LogP contribution >= 0.6 is 0 Å². The number of nitrogens with zero attached hydrogens (tertiary/aromatic N) is 9. The smallest absolute Gasteiger partial charge is 0.324 e. The van der Waals surface area contributed by atoms with Crippen LogP contribution in [0.5, 0.6) is 0 Å². The number of amides is 2. The van der Waals surface area contributed by atoms with Crippen molar-refractivity contribution in [2.75, 3.05) is 18.0 Å². The molecule has 4 aromatic rings. The van der Waals surface area contributed by atoms with Crippen molar-refractivity contribution in [1.82, 2.24) is 39.9 Å². The largest absolute Gasteiger partial charge is 0.381 e. The Hall–Kier alpha value is -4.26. The summed E-state index contributed by atoms with van der Waals surface area (Å²) in [7, 11) is 0. The van der Waals surface area contributed by atoms with Gasteiger partial charge in [-0.05, 0) is 47.7 Å². The van der Waals surface area contributed by atoms with Crippen molar-refractivity contribution in [3.8, 4) is 5.69 Å². The van der Waals surface area contributed by atoms with Crippen molar-refractivity contribution >= 4 is 11.7 Å². The SMILES string of the molecule is CC(N1CCN(c2ccc(-n3cnnn3)cc2)C1=O)C(O)(Cn1cncn1)c1ccc(F)cc1F. The Balaban J connectivity index is 1.43. The normalized spacial score (nSPS) is 16.5. The summed E-state index contributed by atoms with van der Waals surface area (Å²) in [6.07, 6.45) is 4.13. The Kier molecular flexibility index (Phi) is 5.68. The highest BCUT2D eigenvalue weighted by Gasteiger charge is 2.46. The lowest BCUT2D eigenvalue weighted by Crippen LogP contribution is -2.53. The van der Waals surface area contributed by atoms with E-state index in [4.69, 9.17) is 0 Å². The first-order valence-electron chi connectivity index (χ1n) is 10.8. The van der Waals surface area contributed by atoms with Crippen molar-refractivity contribution in [2.24, 2.45) is 0 Å². The Labute approximate surface area is 198 Å². The maximum atomic E-state index is 14.8. The summed E-state index contributed by atoms with van der Waals surface area (Å²) in [6.45, 7) is 2.08. The number of rotatable bonds is 7. The summed E-state index contributed by atoms with van der Waals surface area (Å²) in [6, 6.07) is 8.82. The van der Waals surface area contributed by atoms with Crippen molar-refractivity contribution in [1.29, 1.82) is 0 Å². The van der Waals surface area contributed by atoms with Crippen LogP contribution in [0.1, 0.15) is 12.5 Å². The van der Waals surface area contributed by atoms with Crippen LogP contribution < -0.4 is 4.90 Å². The van der Waals surface area contributed by atoms with E-state index in [0.717, 1.165) is 11.8 Å². The Morgan fingerprint density at radius 1 is 1.09 bits per heavy atom. The van der Waals surface area contributed by atoms with Gasteiger partial charge in [0.1, 0.15) is 36.2 Å². The van der Waals surface area contributed by atoms with Gasteiger partial charge in [-0.3, -0.25) is 4.90 Å². The van der Waals surface area contributed by atoms with E-state index in [2.05, 4.69) is 25.6 Å². The Bertz CT molecular complexity index is 1320. The lowest BCUT2D eigenvalue weighted by atomic mass is 9.85. The molecule has 1 saturated heterocycles. The van der Waals surface area contributed by atoms with Gasteiger partial charge in [0.05, 0.1) is 18.3 Å². The first kappa shape index (κ1) is 22.5. The van der Waals surface area contributed by atoms with E-state index < -0.39 is 23.3 Å². The van der Waals surface area contributed by atoms with E-state index in [1.54, 1.807) is 36.1 Å². The molecule has 1 N–H and O–H groups in total. The van der Waals surface area contributed by atoms with Gasteiger partial charge in [0.15, 0.2) is 0 Å². The quantitative estimate of drug-likeness (QED) is 0.427. The van der Waals surface area contributed by atoms with Gasteiger partial charge >= 0.3 is 6.03 Å². The highest BCUT2D eigenvalue weighted by Crippen LogP contribution is 2.35. The van der Waals surface area contributed by atoms with Gasteiger partial charge in [-0.15, -0.1) is 5.10 Å². The summed E-state index contributed by atoms with van der Waals surface area (Å²) >= 11 is 0. The number of hydrogen-bond donors (Lipinski definition) is 1. The standard InChI is InChI=1S/C22H21F2N9O2/c1-15(22(35,11-30-13-25-12-27-30)19-7-2-16(23)10-20(19)24)31-8-9-32(21(31)34)17-3-5-18(6-4-17)33-14-26-28-29-33/h2-7,10,12-15,35H,8-9,11H2,1H3. The second-order valence-electron chi connectivity index (χ2n) is 8.22. The van der Waals surface area contributed by atoms with E-state index in [9.17, 15) is 18.7 Å². The summed E-state index contributed by atoms with van der Waals surface area (Å²) < 4.78 is 31.3. The molecule has 0 saturated carbocycles. The molecule has 0 aliphatic carbocycles. The maximum Gasteiger partial charge on any atom is 0.324 e. The molecule has 2 atom stereocenters. The summed E-state index contributed by atoms with van der Waals surface area (Å²) in [5.74, 6) is -1.68. The zero-order chi connectivity index (χ0) is 24.6. The van der Waals surface area contributed by atoms with Gasteiger partial charge in [0.2, 0.25) is 0 Å². The van der Waals surface area contributed by atoms with Crippen LogP contribution in [0.2, 0.25) is 0 Å². The molecule has 0 bridgehead atoms. The minimum absolute atomic E-state index is 0.140. The number of aliphatic hydroxyl groups is 1. The minimum atomic E-state index is -1.92. The van der Waals surface area contributed by atoms with Crippen LogP contribution in [0.3, 0.4) is 0 Å². The highest BCUT2D eigenvalue weighted by molar-refractivity contribution is 5.94. The summed E-state index contributed by atoms with van der Waals surface area (Å²) in [5, 5.41) is 26.8. The third-order valence-corrected chi connectivity index (χ3v) is 6.24. The van der Waals surface area contributed by atoms with Gasteiger partial charge in [0, 0.05) is 30.4 Å². The molecule has 2 aromatic heterocycles. The topological polar surface area (TPSA) is 118 Å². The average Bonchev–Trinajstić information content (AvgIpc) is 3.61. The molecular weight excluding hydrogens is 460 g/mol. The Morgan fingerprint density at radius 2 is 1.86 bits per heavy atom. The van der Waals surface area contributed by atoms with Crippen LogP contribution in [-0.4, -0.2) is 70.1 Å². The predicted molar refractivity (Wildman–Crippen MR) is 118 cm³/mol. The molecular formula is C22H21F2N9O2. The maximum absolute atomic E-state index is 14.8. The molecule has 180 valence electrons. The number of urea groups is 1. The number of carbonyl (C=O) groups is 1. The number of hydrogen-bond acceptors (Lipinski definition) is 7. The van der Waals surface area contributed by atoms with Crippen LogP contribution in [0.15, 0.2) is 61.4 Å². The van der Waals surface area contributed by atoms with Crippen LogP contribution in [0.4, 0.5) is 19.3 Å². The van der Waals surface area contributed by atoms with Gasteiger partial charge in [-0.25, -0.2) is 27.9 Å². The first-order chi connectivity index (χ1) is 16.9. The van der Waals surface area contributed by atoms with Crippen LogP contribution in [0, 0.1) is 11.6 Å². The third-order valence-electron chi connectivity index (χ3n) is 6.24. The van der Waals surface area contributed by atoms with E-state index in [-0.39, 0.29) is 24.7 Å². The molecule has 5 rings (SSSR count). The predicted octanol–water partition coefficient (Wildman–Crippen LogP) is 1.75. The van der Waals surface area contributed by atoms with Gasteiger partial charge in [-0.2, -0.15) is 5.10 Å². The van der Waals surface area contributed by atoms with E-state index in [0.29, 0.717) is 18.3 Å². The lowest BCUT2D eigenvalue weighted by molar-refractivity contribution is -0.0475. The van der Waals surface area contributed by atoms with Crippen molar-refractivity contribution < 1.29 is 18.7 Å². The number of carbonyl (C=O) groups excluding carboxylic acids is 1. The monoisotopic (exact) mass is 481 g/mol. The fourth-order valence-electron chi connectivity index (χ4n) is 4.32. The highest BCUT2D eigenvalue weighted by atomic mass is 19.1. The molecule has 3 heterocycles. The molecule has 11 nitrogen and oxygen atoms in total. The number of tetrazole rings is 1. The summed E-state index contributed by atoms with van der Waals surface area (Å²) in [5.41, 5.74) is -0.681. The molecule has 0 spiro atoms. The number of anilines is 1. The zero-order valence-electron chi connectivity index (χ0n) is 18.6. The molecule has 2 amide bonds. The van der Waals surface area contributed by atoms with E-state index >= 15 is 0 Å². The molecule has 35 heavy (non-hydrogen) atoms. The van der Waals surface area contributed by atoms with Crippen molar-refractivity contribution in [3.05, 3.63) is 78.6 Å². The number of aromatic nitrogens is 7. The molecule has 2 unspecified atom stereocenters. The van der Waals surface area contributed by atoms with Gasteiger partial charge < -0.3 is 10.0 Å². The molecule has 1 aliphatic rings. The van der Waals surface area contributed by atoms with Gasteiger partial charge in [0.25, 0.3) is 0 Å².